The largest absolute Gasteiger partial charge is 0.364 e. The molecule has 0 radical (unpaired) electrons. The van der Waals surface area contributed by atoms with E-state index < -0.39 is 5.91 Å². The van der Waals surface area contributed by atoms with Gasteiger partial charge in [0.1, 0.15) is 0 Å². The predicted molar refractivity (Wildman–Crippen MR) is 63.6 cm³/mol. The molecule has 1 heterocycles. The van der Waals surface area contributed by atoms with Crippen molar-refractivity contribution in [3.8, 4) is 6.07 Å². The summed E-state index contributed by atoms with van der Waals surface area (Å²) in [5, 5.41) is 13.4. The number of nitrogens with zero attached hydrogens (tertiary/aromatic N) is 3. The summed E-state index contributed by atoms with van der Waals surface area (Å²) >= 11 is 0. The normalized spacial score (nSPS) is 10.2. The fraction of sp³-hybridized carbons (Fsp3) is 0.167. The average Bonchev–Trinajstić information content (AvgIpc) is 2.67. The molecule has 0 aliphatic heterocycles. The van der Waals surface area contributed by atoms with E-state index in [0.29, 0.717) is 16.5 Å². The molecule has 0 bridgehead atoms. The fourth-order valence-corrected chi connectivity index (χ4v) is 1.76. The Hall–Kier alpha value is -2.68. The van der Waals surface area contributed by atoms with Gasteiger partial charge in [-0.1, -0.05) is 0 Å². The zero-order valence-electron chi connectivity index (χ0n) is 9.67. The Morgan fingerprint density at radius 3 is 2.78 bits per heavy atom. The molecule has 0 saturated heterocycles. The number of nitriles is 1. The molecule has 2 rings (SSSR count). The molecule has 1 aromatic carbocycles. The van der Waals surface area contributed by atoms with Gasteiger partial charge in [-0.25, -0.2) is 0 Å². The first-order valence-corrected chi connectivity index (χ1v) is 5.23. The zero-order chi connectivity index (χ0) is 13.3. The Morgan fingerprint density at radius 1 is 1.50 bits per heavy atom. The number of carbonyl (C=O) groups is 2. The SMILES string of the molecule is CC(=O)Cn1nc(C(N)=O)c2ccc(C#N)cc21. The van der Waals surface area contributed by atoms with Crippen molar-refractivity contribution in [2.24, 2.45) is 5.73 Å². The highest BCUT2D eigenvalue weighted by molar-refractivity contribution is 6.04. The number of rotatable bonds is 3. The Bertz CT molecular complexity index is 694. The van der Waals surface area contributed by atoms with Gasteiger partial charge < -0.3 is 5.73 Å². The summed E-state index contributed by atoms with van der Waals surface area (Å²) in [6.07, 6.45) is 0. The van der Waals surface area contributed by atoms with Crippen molar-refractivity contribution in [1.82, 2.24) is 9.78 Å². The second-order valence-corrected chi connectivity index (χ2v) is 3.92. The van der Waals surface area contributed by atoms with Crippen LogP contribution in [-0.2, 0) is 11.3 Å². The summed E-state index contributed by atoms with van der Waals surface area (Å²) in [6, 6.07) is 6.76. The van der Waals surface area contributed by atoms with Crippen LogP contribution in [0.2, 0.25) is 0 Å². The summed E-state index contributed by atoms with van der Waals surface area (Å²) in [4.78, 5) is 22.4. The molecular weight excluding hydrogens is 232 g/mol. The monoisotopic (exact) mass is 242 g/mol. The fourth-order valence-electron chi connectivity index (χ4n) is 1.76. The van der Waals surface area contributed by atoms with E-state index in [-0.39, 0.29) is 18.0 Å². The standard InChI is InChI=1S/C12H10N4O2/c1-7(17)6-16-10-4-8(5-13)2-3-9(10)11(15-16)12(14)18/h2-4H,6H2,1H3,(H2,14,18). The molecule has 2 aromatic rings. The van der Waals surface area contributed by atoms with E-state index in [1.165, 1.54) is 11.6 Å². The smallest absolute Gasteiger partial charge is 0.269 e. The van der Waals surface area contributed by atoms with Crippen molar-refractivity contribution in [3.05, 3.63) is 29.5 Å². The van der Waals surface area contributed by atoms with Gasteiger partial charge in [0.25, 0.3) is 5.91 Å². The van der Waals surface area contributed by atoms with Crippen LogP contribution in [0.4, 0.5) is 0 Å². The quantitative estimate of drug-likeness (QED) is 0.851. The number of primary amides is 1. The van der Waals surface area contributed by atoms with Crippen LogP contribution in [0.15, 0.2) is 18.2 Å². The number of Topliss-reactive ketones (excluding diaryl/α,β-unsaturated/α-hetero) is 1. The highest BCUT2D eigenvalue weighted by Crippen LogP contribution is 2.20. The molecule has 1 aromatic heterocycles. The second-order valence-electron chi connectivity index (χ2n) is 3.92. The minimum atomic E-state index is -0.660. The lowest BCUT2D eigenvalue weighted by molar-refractivity contribution is -0.117. The van der Waals surface area contributed by atoms with Gasteiger partial charge in [0.2, 0.25) is 0 Å². The van der Waals surface area contributed by atoms with Crippen molar-refractivity contribution in [2.45, 2.75) is 13.5 Å². The first-order chi connectivity index (χ1) is 8.52. The molecule has 0 fully saturated rings. The average molecular weight is 242 g/mol. The Kier molecular flexibility index (Phi) is 2.81. The Labute approximate surface area is 103 Å². The van der Waals surface area contributed by atoms with E-state index in [4.69, 9.17) is 11.0 Å². The first-order valence-electron chi connectivity index (χ1n) is 5.23. The molecule has 1 amide bonds. The lowest BCUT2D eigenvalue weighted by Crippen LogP contribution is -2.14. The highest BCUT2D eigenvalue weighted by Gasteiger charge is 2.15. The summed E-state index contributed by atoms with van der Waals surface area (Å²) in [5.74, 6) is -0.759. The number of nitrogens with two attached hydrogens (primary N) is 1. The van der Waals surface area contributed by atoms with Crippen LogP contribution in [0.1, 0.15) is 23.0 Å². The Morgan fingerprint density at radius 2 is 2.22 bits per heavy atom. The summed E-state index contributed by atoms with van der Waals surface area (Å²) in [6.45, 7) is 1.46. The molecule has 90 valence electrons. The second kappa shape index (κ2) is 4.30. The summed E-state index contributed by atoms with van der Waals surface area (Å²) in [7, 11) is 0. The van der Waals surface area contributed by atoms with Gasteiger partial charge in [0.05, 0.1) is 23.7 Å². The highest BCUT2D eigenvalue weighted by atomic mass is 16.1. The van der Waals surface area contributed by atoms with E-state index in [2.05, 4.69) is 5.10 Å². The topological polar surface area (TPSA) is 102 Å². The minimum Gasteiger partial charge on any atom is -0.364 e. The summed E-state index contributed by atoms with van der Waals surface area (Å²) in [5.41, 5.74) is 6.32. The number of amides is 1. The maximum Gasteiger partial charge on any atom is 0.269 e. The van der Waals surface area contributed by atoms with Gasteiger partial charge in [-0.15, -0.1) is 0 Å². The van der Waals surface area contributed by atoms with E-state index >= 15 is 0 Å². The molecule has 18 heavy (non-hydrogen) atoms. The van der Waals surface area contributed by atoms with Gasteiger partial charge >= 0.3 is 0 Å². The third-order valence-electron chi connectivity index (χ3n) is 2.49. The maximum absolute atomic E-state index is 11.3. The molecule has 0 unspecified atom stereocenters. The number of benzene rings is 1. The number of ketones is 1. The molecule has 6 nitrogen and oxygen atoms in total. The van der Waals surface area contributed by atoms with Crippen LogP contribution in [0, 0.1) is 11.3 Å². The van der Waals surface area contributed by atoms with Gasteiger partial charge in [-0.2, -0.15) is 10.4 Å². The number of aromatic nitrogens is 2. The van der Waals surface area contributed by atoms with Crippen molar-refractivity contribution in [3.63, 3.8) is 0 Å². The maximum atomic E-state index is 11.3. The number of carbonyl (C=O) groups excluding carboxylic acids is 2. The van der Waals surface area contributed by atoms with Gasteiger partial charge in [-0.05, 0) is 25.1 Å². The molecule has 6 heteroatoms. The first kappa shape index (κ1) is 11.8. The van der Waals surface area contributed by atoms with E-state index in [1.807, 2.05) is 6.07 Å². The molecule has 0 aliphatic carbocycles. The number of fused-ring (bicyclic) bond motifs is 1. The van der Waals surface area contributed by atoms with Crippen LogP contribution < -0.4 is 5.73 Å². The predicted octanol–water partition coefficient (Wildman–Crippen LogP) is 0.596. The van der Waals surface area contributed by atoms with E-state index in [9.17, 15) is 9.59 Å². The molecule has 0 atom stereocenters. The molecular formula is C12H10N4O2. The third-order valence-corrected chi connectivity index (χ3v) is 2.49. The van der Waals surface area contributed by atoms with Crippen molar-refractivity contribution in [2.75, 3.05) is 0 Å². The molecule has 0 aliphatic rings. The lowest BCUT2D eigenvalue weighted by Gasteiger charge is -1.99. The minimum absolute atomic E-state index is 0.0403. The zero-order valence-corrected chi connectivity index (χ0v) is 9.67. The summed E-state index contributed by atoms with van der Waals surface area (Å²) < 4.78 is 1.39. The van der Waals surface area contributed by atoms with Crippen molar-refractivity contribution >= 4 is 22.6 Å². The number of hydrogen-bond donors (Lipinski definition) is 1. The van der Waals surface area contributed by atoms with Crippen molar-refractivity contribution < 1.29 is 9.59 Å². The van der Waals surface area contributed by atoms with Crippen LogP contribution >= 0.6 is 0 Å². The third kappa shape index (κ3) is 1.94. The molecule has 2 N–H and O–H groups in total. The lowest BCUT2D eigenvalue weighted by atomic mass is 10.1. The molecule has 0 saturated carbocycles. The van der Waals surface area contributed by atoms with Gasteiger partial charge in [-0.3, -0.25) is 14.3 Å². The van der Waals surface area contributed by atoms with Crippen LogP contribution in [-0.4, -0.2) is 21.5 Å². The van der Waals surface area contributed by atoms with Crippen LogP contribution in [0.25, 0.3) is 10.9 Å². The van der Waals surface area contributed by atoms with E-state index in [1.54, 1.807) is 18.2 Å². The van der Waals surface area contributed by atoms with Crippen LogP contribution in [0.3, 0.4) is 0 Å². The molecule has 0 spiro atoms. The Balaban J connectivity index is 2.73. The van der Waals surface area contributed by atoms with Gasteiger partial charge in [0.15, 0.2) is 11.5 Å². The van der Waals surface area contributed by atoms with Gasteiger partial charge in [0, 0.05) is 5.39 Å². The van der Waals surface area contributed by atoms with Crippen molar-refractivity contribution in [1.29, 1.82) is 5.26 Å². The van der Waals surface area contributed by atoms with E-state index in [0.717, 1.165) is 0 Å². The number of hydrogen-bond acceptors (Lipinski definition) is 4. The van der Waals surface area contributed by atoms with Crippen LogP contribution in [0.5, 0.6) is 0 Å².